The van der Waals surface area contributed by atoms with Crippen LogP contribution in [0.3, 0.4) is 0 Å². The van der Waals surface area contributed by atoms with Gasteiger partial charge in [-0.1, -0.05) is 6.42 Å². The molecule has 98 valence electrons. The molecule has 2 atom stereocenters. The summed E-state index contributed by atoms with van der Waals surface area (Å²) in [5.41, 5.74) is 6.73. The lowest BCUT2D eigenvalue weighted by molar-refractivity contribution is -0.125. The minimum Gasteiger partial charge on any atom is -0.327 e. The molecule has 3 nitrogen and oxygen atoms in total. The van der Waals surface area contributed by atoms with Crippen LogP contribution in [0.1, 0.15) is 31.7 Å². The summed E-state index contributed by atoms with van der Waals surface area (Å²) in [5.74, 6) is -0.455. The minimum absolute atomic E-state index is 0.113. The number of amides is 1. The summed E-state index contributed by atoms with van der Waals surface area (Å²) in [7, 11) is 0. The zero-order valence-electron chi connectivity index (χ0n) is 10.8. The van der Waals surface area contributed by atoms with Crippen LogP contribution in [0.5, 0.6) is 0 Å². The molecule has 2 rings (SSSR count). The summed E-state index contributed by atoms with van der Waals surface area (Å²) in [6, 6.07) is 4.39. The highest BCUT2D eigenvalue weighted by molar-refractivity contribution is 5.95. The Morgan fingerprint density at radius 1 is 1.50 bits per heavy atom. The highest BCUT2D eigenvalue weighted by atomic mass is 19.1. The van der Waals surface area contributed by atoms with Crippen LogP contribution in [0, 0.1) is 18.2 Å². The average Bonchev–Trinajstić information content (AvgIpc) is 2.59. The summed E-state index contributed by atoms with van der Waals surface area (Å²) in [4.78, 5) is 12.3. The maximum atomic E-state index is 13.3. The molecule has 3 N–H and O–H groups in total. The number of hydrogen-bond acceptors (Lipinski definition) is 2. The van der Waals surface area contributed by atoms with Gasteiger partial charge in [-0.2, -0.15) is 0 Å². The monoisotopic (exact) mass is 250 g/mol. The van der Waals surface area contributed by atoms with Crippen LogP contribution in [0.25, 0.3) is 0 Å². The maximum absolute atomic E-state index is 13.3. The van der Waals surface area contributed by atoms with Crippen molar-refractivity contribution in [3.8, 4) is 0 Å². The van der Waals surface area contributed by atoms with Gasteiger partial charge in [0.05, 0.1) is 5.41 Å². The van der Waals surface area contributed by atoms with E-state index in [1.165, 1.54) is 12.1 Å². The predicted octanol–water partition coefficient (Wildman–Crippen LogP) is 2.59. The van der Waals surface area contributed by atoms with E-state index in [1.807, 2.05) is 6.92 Å². The van der Waals surface area contributed by atoms with E-state index in [4.69, 9.17) is 5.73 Å². The standard InChI is InChI=1S/C14H19FN2O/c1-9-6-10(15)8-11(7-9)17-13(18)14(2)5-3-4-12(14)16/h6-8,12H,3-5,16H2,1-2H3,(H,17,18). The first-order chi connectivity index (χ1) is 8.41. The van der Waals surface area contributed by atoms with Crippen molar-refractivity contribution in [2.75, 3.05) is 5.32 Å². The van der Waals surface area contributed by atoms with Gasteiger partial charge in [-0.15, -0.1) is 0 Å². The van der Waals surface area contributed by atoms with Crippen molar-refractivity contribution in [3.05, 3.63) is 29.6 Å². The van der Waals surface area contributed by atoms with Crippen LogP contribution in [0.4, 0.5) is 10.1 Å². The molecule has 1 aliphatic carbocycles. The lowest BCUT2D eigenvalue weighted by Crippen LogP contribution is -2.44. The van der Waals surface area contributed by atoms with Crippen molar-refractivity contribution in [2.24, 2.45) is 11.1 Å². The number of anilines is 1. The molecule has 0 radical (unpaired) electrons. The molecule has 1 aromatic rings. The number of rotatable bonds is 2. The van der Waals surface area contributed by atoms with Crippen molar-refractivity contribution in [3.63, 3.8) is 0 Å². The van der Waals surface area contributed by atoms with Crippen molar-refractivity contribution >= 4 is 11.6 Å². The van der Waals surface area contributed by atoms with Crippen LogP contribution in [0.15, 0.2) is 18.2 Å². The molecule has 0 saturated heterocycles. The lowest BCUT2D eigenvalue weighted by Gasteiger charge is -2.27. The normalized spacial score (nSPS) is 27.2. The number of nitrogens with one attached hydrogen (secondary N) is 1. The number of nitrogens with two attached hydrogens (primary N) is 1. The first-order valence-corrected chi connectivity index (χ1v) is 6.26. The molecule has 1 amide bonds. The zero-order valence-corrected chi connectivity index (χ0v) is 10.8. The molecule has 4 heteroatoms. The van der Waals surface area contributed by atoms with Crippen molar-refractivity contribution in [1.82, 2.24) is 0 Å². The van der Waals surface area contributed by atoms with Crippen LogP contribution in [-0.4, -0.2) is 11.9 Å². The molecular weight excluding hydrogens is 231 g/mol. The number of benzene rings is 1. The Hall–Kier alpha value is -1.42. The maximum Gasteiger partial charge on any atom is 0.231 e. The number of hydrogen-bond donors (Lipinski definition) is 2. The fraction of sp³-hybridized carbons (Fsp3) is 0.500. The molecule has 1 aromatic carbocycles. The van der Waals surface area contributed by atoms with Gasteiger partial charge >= 0.3 is 0 Å². The smallest absolute Gasteiger partial charge is 0.231 e. The lowest BCUT2D eigenvalue weighted by atomic mass is 9.84. The molecule has 0 aliphatic heterocycles. The molecular formula is C14H19FN2O. The van der Waals surface area contributed by atoms with Gasteiger partial charge in [-0.3, -0.25) is 4.79 Å². The summed E-state index contributed by atoms with van der Waals surface area (Å²) in [6.45, 7) is 3.67. The summed E-state index contributed by atoms with van der Waals surface area (Å²) >= 11 is 0. The Morgan fingerprint density at radius 2 is 2.22 bits per heavy atom. The highest BCUT2D eigenvalue weighted by Crippen LogP contribution is 2.37. The van der Waals surface area contributed by atoms with Crippen LogP contribution in [-0.2, 0) is 4.79 Å². The first kappa shape index (κ1) is 13.0. The Balaban J connectivity index is 2.16. The Kier molecular flexibility index (Phi) is 3.39. The van der Waals surface area contributed by atoms with Crippen LogP contribution >= 0.6 is 0 Å². The van der Waals surface area contributed by atoms with Crippen LogP contribution < -0.4 is 11.1 Å². The van der Waals surface area contributed by atoms with E-state index in [0.29, 0.717) is 5.69 Å². The first-order valence-electron chi connectivity index (χ1n) is 6.26. The van der Waals surface area contributed by atoms with E-state index in [0.717, 1.165) is 24.8 Å². The molecule has 0 spiro atoms. The third-order valence-electron chi connectivity index (χ3n) is 3.85. The Morgan fingerprint density at radius 3 is 2.78 bits per heavy atom. The van der Waals surface area contributed by atoms with Gasteiger partial charge in [0, 0.05) is 11.7 Å². The van der Waals surface area contributed by atoms with E-state index in [9.17, 15) is 9.18 Å². The number of carbonyl (C=O) groups excluding carboxylic acids is 1. The fourth-order valence-electron chi connectivity index (χ4n) is 2.56. The van der Waals surface area contributed by atoms with Crippen molar-refractivity contribution in [2.45, 2.75) is 39.2 Å². The number of halogens is 1. The molecule has 1 fully saturated rings. The molecule has 18 heavy (non-hydrogen) atoms. The summed E-state index contributed by atoms with van der Waals surface area (Å²) in [5, 5.41) is 2.78. The largest absolute Gasteiger partial charge is 0.327 e. The van der Waals surface area contributed by atoms with E-state index in [-0.39, 0.29) is 17.8 Å². The van der Waals surface area contributed by atoms with E-state index in [2.05, 4.69) is 5.32 Å². The quantitative estimate of drug-likeness (QED) is 0.847. The van der Waals surface area contributed by atoms with Crippen LogP contribution in [0.2, 0.25) is 0 Å². The second-order valence-electron chi connectivity index (χ2n) is 5.39. The van der Waals surface area contributed by atoms with E-state index in [1.54, 1.807) is 13.0 Å². The van der Waals surface area contributed by atoms with Crippen molar-refractivity contribution < 1.29 is 9.18 Å². The minimum atomic E-state index is -0.541. The Bertz CT molecular complexity index is 455. The van der Waals surface area contributed by atoms with Gasteiger partial charge in [0.1, 0.15) is 5.82 Å². The third kappa shape index (κ3) is 2.38. The van der Waals surface area contributed by atoms with Crippen molar-refractivity contribution in [1.29, 1.82) is 0 Å². The zero-order chi connectivity index (χ0) is 13.3. The average molecular weight is 250 g/mol. The molecule has 2 unspecified atom stereocenters. The topological polar surface area (TPSA) is 55.1 Å². The summed E-state index contributed by atoms with van der Waals surface area (Å²) < 4.78 is 13.3. The molecule has 1 aliphatic rings. The Labute approximate surface area is 107 Å². The van der Waals surface area contributed by atoms with Gasteiger partial charge in [-0.05, 0) is 50.5 Å². The van der Waals surface area contributed by atoms with E-state index < -0.39 is 5.41 Å². The molecule has 1 saturated carbocycles. The van der Waals surface area contributed by atoms with Gasteiger partial charge in [-0.25, -0.2) is 4.39 Å². The van der Waals surface area contributed by atoms with Gasteiger partial charge in [0.15, 0.2) is 0 Å². The molecule has 0 heterocycles. The molecule has 0 aromatic heterocycles. The van der Waals surface area contributed by atoms with Gasteiger partial charge < -0.3 is 11.1 Å². The van der Waals surface area contributed by atoms with Gasteiger partial charge in [0.25, 0.3) is 0 Å². The third-order valence-corrected chi connectivity index (χ3v) is 3.85. The highest BCUT2D eigenvalue weighted by Gasteiger charge is 2.42. The second kappa shape index (κ2) is 4.69. The fourth-order valence-corrected chi connectivity index (χ4v) is 2.56. The van der Waals surface area contributed by atoms with Gasteiger partial charge in [0.2, 0.25) is 5.91 Å². The SMILES string of the molecule is Cc1cc(F)cc(NC(=O)C2(C)CCCC2N)c1. The molecule has 0 bridgehead atoms. The second-order valence-corrected chi connectivity index (χ2v) is 5.39. The van der Waals surface area contributed by atoms with E-state index >= 15 is 0 Å². The number of aryl methyl sites for hydroxylation is 1. The number of carbonyl (C=O) groups is 1. The predicted molar refractivity (Wildman–Crippen MR) is 69.7 cm³/mol. The summed E-state index contributed by atoms with van der Waals surface area (Å²) in [6.07, 6.45) is 2.62.